The summed E-state index contributed by atoms with van der Waals surface area (Å²) in [6, 6.07) is 0. The average molecular weight is 199 g/mol. The van der Waals surface area contributed by atoms with Gasteiger partial charge in [0.25, 0.3) is 0 Å². The molecule has 1 aliphatic heterocycles. The van der Waals surface area contributed by atoms with E-state index in [2.05, 4.69) is 4.99 Å². The zero-order valence-corrected chi connectivity index (χ0v) is 9.04. The molecule has 0 aromatic heterocycles. The molecule has 0 saturated carbocycles. The van der Waals surface area contributed by atoms with Crippen LogP contribution in [0, 0.1) is 0 Å². The third kappa shape index (κ3) is 3.89. The molecule has 4 heteroatoms. The molecule has 0 bridgehead atoms. The van der Waals surface area contributed by atoms with Crippen molar-refractivity contribution in [3.63, 3.8) is 0 Å². The van der Waals surface area contributed by atoms with E-state index in [0.29, 0.717) is 6.61 Å². The van der Waals surface area contributed by atoms with Crippen molar-refractivity contribution < 1.29 is 14.5 Å². The van der Waals surface area contributed by atoms with Gasteiger partial charge in [0, 0.05) is 11.8 Å². The lowest BCUT2D eigenvalue weighted by Crippen LogP contribution is -2.72. The monoisotopic (exact) mass is 199 g/mol. The normalized spacial score (nSPS) is 27.4. The summed E-state index contributed by atoms with van der Waals surface area (Å²) in [6.45, 7) is 7.06. The summed E-state index contributed by atoms with van der Waals surface area (Å²) in [5, 5.41) is 0. The molecular formula is C10H19N2O2+. The minimum atomic E-state index is -0.439. The molecule has 80 valence electrons. The lowest BCUT2D eigenvalue weighted by Gasteiger charge is -2.15. The minimum absolute atomic E-state index is 0.118. The maximum atomic E-state index is 5.60. The van der Waals surface area contributed by atoms with E-state index in [0.717, 1.165) is 12.2 Å². The molecule has 1 saturated heterocycles. The van der Waals surface area contributed by atoms with Crippen LogP contribution in [0.25, 0.3) is 0 Å². The van der Waals surface area contributed by atoms with Crippen molar-refractivity contribution in [3.05, 3.63) is 11.8 Å². The summed E-state index contributed by atoms with van der Waals surface area (Å²) in [6.07, 6.45) is 3.76. The van der Waals surface area contributed by atoms with E-state index in [1.807, 2.05) is 33.1 Å². The second-order valence-corrected chi connectivity index (χ2v) is 3.94. The van der Waals surface area contributed by atoms with E-state index in [4.69, 9.17) is 15.2 Å². The topological polar surface area (TPSA) is 58.5 Å². The molecule has 0 spiro atoms. The molecule has 0 aliphatic carbocycles. The molecule has 1 rings (SSSR count). The Labute approximate surface area is 84.8 Å². The maximum absolute atomic E-state index is 5.60. The van der Waals surface area contributed by atoms with Gasteiger partial charge >= 0.3 is 0 Å². The third-order valence-corrected chi connectivity index (χ3v) is 1.88. The zero-order chi connectivity index (χ0) is 10.6. The molecule has 1 unspecified atom stereocenters. The van der Waals surface area contributed by atoms with Crippen molar-refractivity contribution in [1.82, 2.24) is 0 Å². The van der Waals surface area contributed by atoms with Gasteiger partial charge in [-0.05, 0) is 20.8 Å². The Morgan fingerprint density at radius 2 is 2.36 bits per heavy atom. The van der Waals surface area contributed by atoms with Crippen molar-refractivity contribution >= 4 is 6.21 Å². The number of hydrogen-bond donors (Lipinski definition) is 2. The van der Waals surface area contributed by atoms with Crippen molar-refractivity contribution in [1.29, 1.82) is 0 Å². The van der Waals surface area contributed by atoms with Gasteiger partial charge in [-0.2, -0.15) is 0 Å². The van der Waals surface area contributed by atoms with Crippen LogP contribution in [0.2, 0.25) is 0 Å². The highest BCUT2D eigenvalue weighted by molar-refractivity contribution is 5.65. The SMILES string of the molecule is CC(N)=CC=[NH+]CC1COC(C)(C)O1. The second-order valence-electron chi connectivity index (χ2n) is 3.94. The summed E-state index contributed by atoms with van der Waals surface area (Å²) < 4.78 is 11.0. The molecule has 0 aromatic carbocycles. The number of nitrogens with two attached hydrogens (primary N) is 1. The molecule has 1 heterocycles. The fourth-order valence-corrected chi connectivity index (χ4v) is 1.25. The predicted molar refractivity (Wildman–Crippen MR) is 54.7 cm³/mol. The van der Waals surface area contributed by atoms with Crippen LogP contribution in [0.3, 0.4) is 0 Å². The van der Waals surface area contributed by atoms with Gasteiger partial charge in [0.2, 0.25) is 0 Å². The van der Waals surface area contributed by atoms with Crippen LogP contribution >= 0.6 is 0 Å². The van der Waals surface area contributed by atoms with Crippen molar-refractivity contribution in [2.24, 2.45) is 5.73 Å². The number of rotatable bonds is 3. The van der Waals surface area contributed by atoms with Gasteiger partial charge in [0.05, 0.1) is 6.61 Å². The van der Waals surface area contributed by atoms with Crippen molar-refractivity contribution in [2.75, 3.05) is 13.2 Å². The molecule has 0 amide bonds. The van der Waals surface area contributed by atoms with Gasteiger partial charge in [-0.15, -0.1) is 0 Å². The quantitative estimate of drug-likeness (QED) is 0.582. The van der Waals surface area contributed by atoms with Crippen LogP contribution in [0.4, 0.5) is 0 Å². The Hall–Kier alpha value is -0.870. The molecule has 14 heavy (non-hydrogen) atoms. The Morgan fingerprint density at radius 1 is 1.64 bits per heavy atom. The summed E-state index contributed by atoms with van der Waals surface area (Å²) in [7, 11) is 0. The van der Waals surface area contributed by atoms with Crippen LogP contribution in [0.1, 0.15) is 20.8 Å². The Bertz CT molecular complexity index is 243. The maximum Gasteiger partial charge on any atom is 0.169 e. The summed E-state index contributed by atoms with van der Waals surface area (Å²) in [5.41, 5.74) is 6.24. The van der Waals surface area contributed by atoms with Crippen LogP contribution < -0.4 is 10.7 Å². The van der Waals surface area contributed by atoms with Crippen LogP contribution in [-0.2, 0) is 9.47 Å². The largest absolute Gasteiger partial charge is 0.402 e. The zero-order valence-electron chi connectivity index (χ0n) is 9.04. The summed E-state index contributed by atoms with van der Waals surface area (Å²) in [5.74, 6) is -0.439. The van der Waals surface area contributed by atoms with Crippen molar-refractivity contribution in [2.45, 2.75) is 32.7 Å². The first-order valence-corrected chi connectivity index (χ1v) is 4.80. The molecule has 0 aromatic rings. The Morgan fingerprint density at radius 3 is 2.86 bits per heavy atom. The number of ether oxygens (including phenoxy) is 2. The fraction of sp³-hybridized carbons (Fsp3) is 0.700. The number of nitrogens with one attached hydrogen (secondary N) is 1. The van der Waals surface area contributed by atoms with E-state index in [1.165, 1.54) is 0 Å². The lowest BCUT2D eigenvalue weighted by atomic mass is 10.4. The first kappa shape index (κ1) is 11.2. The molecule has 4 nitrogen and oxygen atoms in total. The second kappa shape index (κ2) is 4.57. The highest BCUT2D eigenvalue weighted by Gasteiger charge is 2.33. The lowest BCUT2D eigenvalue weighted by molar-refractivity contribution is -0.463. The first-order valence-electron chi connectivity index (χ1n) is 4.80. The smallest absolute Gasteiger partial charge is 0.169 e. The highest BCUT2D eigenvalue weighted by Crippen LogP contribution is 2.20. The summed E-state index contributed by atoms with van der Waals surface area (Å²) >= 11 is 0. The predicted octanol–water partition coefficient (Wildman–Crippen LogP) is -0.848. The van der Waals surface area contributed by atoms with E-state index >= 15 is 0 Å². The van der Waals surface area contributed by atoms with Gasteiger partial charge < -0.3 is 15.2 Å². The van der Waals surface area contributed by atoms with Crippen LogP contribution in [-0.4, -0.2) is 31.3 Å². The van der Waals surface area contributed by atoms with Gasteiger partial charge in [-0.25, -0.2) is 4.99 Å². The van der Waals surface area contributed by atoms with Gasteiger partial charge in [-0.3, -0.25) is 0 Å². The van der Waals surface area contributed by atoms with Gasteiger partial charge in [0.1, 0.15) is 6.10 Å². The Kier molecular flexibility index (Phi) is 3.66. The van der Waals surface area contributed by atoms with Crippen LogP contribution in [0.5, 0.6) is 0 Å². The summed E-state index contributed by atoms with van der Waals surface area (Å²) in [4.78, 5) is 3.11. The van der Waals surface area contributed by atoms with E-state index in [-0.39, 0.29) is 6.10 Å². The molecule has 0 radical (unpaired) electrons. The minimum Gasteiger partial charge on any atom is -0.402 e. The molecule has 3 N–H and O–H groups in total. The third-order valence-electron chi connectivity index (χ3n) is 1.88. The standard InChI is InChI=1S/C10H18N2O2/c1-8(11)4-5-12-6-9-7-13-10(2,3)14-9/h4-5,9H,6-7,11H2,1-3H3/p+1. The van der Waals surface area contributed by atoms with E-state index in [9.17, 15) is 0 Å². The fourth-order valence-electron chi connectivity index (χ4n) is 1.25. The van der Waals surface area contributed by atoms with Crippen LogP contribution in [0.15, 0.2) is 11.8 Å². The van der Waals surface area contributed by atoms with Gasteiger partial charge in [0.15, 0.2) is 18.5 Å². The molecule has 1 fully saturated rings. The van der Waals surface area contributed by atoms with Crippen molar-refractivity contribution in [3.8, 4) is 0 Å². The highest BCUT2D eigenvalue weighted by atomic mass is 16.7. The number of hydrogen-bond acceptors (Lipinski definition) is 3. The van der Waals surface area contributed by atoms with Gasteiger partial charge in [-0.1, -0.05) is 0 Å². The Balaban J connectivity index is 2.27. The molecular weight excluding hydrogens is 180 g/mol. The molecule has 1 aliphatic rings. The van der Waals surface area contributed by atoms with E-state index in [1.54, 1.807) is 0 Å². The average Bonchev–Trinajstić information content (AvgIpc) is 2.39. The number of allylic oxidation sites excluding steroid dienone is 2. The molecule has 1 atom stereocenters. The first-order chi connectivity index (χ1) is 6.49. The van der Waals surface area contributed by atoms with E-state index < -0.39 is 5.79 Å².